The lowest BCUT2D eigenvalue weighted by molar-refractivity contribution is -0.137. The minimum atomic E-state index is -0.871. The SMILES string of the molecule is CC(CCC(=O)O)NC(=O)c1ccccc1Cl. The lowest BCUT2D eigenvalue weighted by Crippen LogP contribution is -2.33. The van der Waals surface area contributed by atoms with Crippen molar-refractivity contribution in [2.24, 2.45) is 0 Å². The zero-order valence-corrected chi connectivity index (χ0v) is 10.2. The molecule has 92 valence electrons. The van der Waals surface area contributed by atoms with Crippen LogP contribution in [0.3, 0.4) is 0 Å². The number of carboxylic acid groups (broad SMARTS) is 1. The van der Waals surface area contributed by atoms with Gasteiger partial charge in [0.1, 0.15) is 0 Å². The Morgan fingerprint density at radius 1 is 1.41 bits per heavy atom. The molecular formula is C12H14ClNO3. The number of amides is 1. The number of carbonyl (C=O) groups is 2. The normalized spacial score (nSPS) is 11.9. The molecule has 0 fully saturated rings. The van der Waals surface area contributed by atoms with Gasteiger partial charge in [0.15, 0.2) is 0 Å². The average molecular weight is 256 g/mol. The van der Waals surface area contributed by atoms with Gasteiger partial charge in [0, 0.05) is 12.5 Å². The molecule has 0 aromatic heterocycles. The van der Waals surface area contributed by atoms with Crippen molar-refractivity contribution in [3.63, 3.8) is 0 Å². The number of hydrogen-bond acceptors (Lipinski definition) is 2. The number of benzene rings is 1. The monoisotopic (exact) mass is 255 g/mol. The summed E-state index contributed by atoms with van der Waals surface area (Å²) in [6, 6.07) is 6.53. The molecular weight excluding hydrogens is 242 g/mol. The first-order valence-corrected chi connectivity index (χ1v) is 5.65. The smallest absolute Gasteiger partial charge is 0.303 e. The van der Waals surface area contributed by atoms with Crippen molar-refractivity contribution < 1.29 is 14.7 Å². The van der Waals surface area contributed by atoms with Gasteiger partial charge >= 0.3 is 5.97 Å². The van der Waals surface area contributed by atoms with Crippen LogP contribution in [-0.4, -0.2) is 23.0 Å². The number of hydrogen-bond donors (Lipinski definition) is 2. The molecule has 2 N–H and O–H groups in total. The Morgan fingerprint density at radius 3 is 2.65 bits per heavy atom. The molecule has 0 radical (unpaired) electrons. The predicted octanol–water partition coefficient (Wildman–Crippen LogP) is 2.32. The topological polar surface area (TPSA) is 66.4 Å². The molecule has 0 saturated carbocycles. The Kier molecular flexibility index (Phi) is 4.97. The first kappa shape index (κ1) is 13.5. The summed E-state index contributed by atoms with van der Waals surface area (Å²) in [6.07, 6.45) is 0.426. The molecule has 0 saturated heterocycles. The van der Waals surface area contributed by atoms with Crippen LogP contribution in [0.25, 0.3) is 0 Å². The van der Waals surface area contributed by atoms with E-state index >= 15 is 0 Å². The Labute approximate surface area is 105 Å². The lowest BCUT2D eigenvalue weighted by Gasteiger charge is -2.13. The molecule has 1 rings (SSSR count). The molecule has 17 heavy (non-hydrogen) atoms. The van der Waals surface area contributed by atoms with Crippen molar-refractivity contribution in [2.45, 2.75) is 25.8 Å². The molecule has 1 aromatic rings. The number of halogens is 1. The fourth-order valence-electron chi connectivity index (χ4n) is 1.36. The molecule has 0 spiro atoms. The summed E-state index contributed by atoms with van der Waals surface area (Å²) in [5.41, 5.74) is 0.399. The van der Waals surface area contributed by atoms with Crippen LogP contribution in [0.2, 0.25) is 5.02 Å². The van der Waals surface area contributed by atoms with Crippen molar-refractivity contribution in [2.75, 3.05) is 0 Å². The highest BCUT2D eigenvalue weighted by molar-refractivity contribution is 6.33. The second-order valence-corrected chi connectivity index (χ2v) is 4.19. The van der Waals surface area contributed by atoms with Gasteiger partial charge in [-0.2, -0.15) is 0 Å². The highest BCUT2D eigenvalue weighted by Gasteiger charge is 2.13. The van der Waals surface area contributed by atoms with Crippen LogP contribution in [-0.2, 0) is 4.79 Å². The molecule has 4 nitrogen and oxygen atoms in total. The van der Waals surface area contributed by atoms with Gasteiger partial charge in [-0.05, 0) is 25.5 Å². The van der Waals surface area contributed by atoms with Gasteiger partial charge in [-0.1, -0.05) is 23.7 Å². The van der Waals surface area contributed by atoms with Crippen LogP contribution >= 0.6 is 11.6 Å². The molecule has 0 aliphatic rings. The van der Waals surface area contributed by atoms with Gasteiger partial charge in [-0.25, -0.2) is 0 Å². The zero-order valence-electron chi connectivity index (χ0n) is 9.44. The second-order valence-electron chi connectivity index (χ2n) is 3.79. The minimum Gasteiger partial charge on any atom is -0.481 e. The fourth-order valence-corrected chi connectivity index (χ4v) is 1.58. The molecule has 5 heteroatoms. The highest BCUT2D eigenvalue weighted by atomic mass is 35.5. The van der Waals surface area contributed by atoms with Crippen molar-refractivity contribution in [3.8, 4) is 0 Å². The van der Waals surface area contributed by atoms with E-state index in [1.54, 1.807) is 31.2 Å². The Hall–Kier alpha value is -1.55. The highest BCUT2D eigenvalue weighted by Crippen LogP contribution is 2.14. The summed E-state index contributed by atoms with van der Waals surface area (Å²) < 4.78 is 0. The van der Waals surface area contributed by atoms with Gasteiger partial charge in [0.25, 0.3) is 5.91 Å². The maximum Gasteiger partial charge on any atom is 0.303 e. The fraction of sp³-hybridized carbons (Fsp3) is 0.333. The van der Waals surface area contributed by atoms with Gasteiger partial charge in [-0.15, -0.1) is 0 Å². The minimum absolute atomic E-state index is 0.0317. The van der Waals surface area contributed by atoms with Crippen LogP contribution in [0, 0.1) is 0 Å². The molecule has 1 unspecified atom stereocenters. The van der Waals surface area contributed by atoms with Crippen molar-refractivity contribution in [1.82, 2.24) is 5.32 Å². The van der Waals surface area contributed by atoms with Crippen LogP contribution < -0.4 is 5.32 Å². The Bertz CT molecular complexity index is 420. The summed E-state index contributed by atoms with van der Waals surface area (Å²) in [6.45, 7) is 1.76. The van der Waals surface area contributed by atoms with E-state index < -0.39 is 5.97 Å². The maximum atomic E-state index is 11.8. The van der Waals surface area contributed by atoms with Gasteiger partial charge < -0.3 is 10.4 Å². The molecule has 1 amide bonds. The van der Waals surface area contributed by atoms with Crippen LogP contribution in [0.1, 0.15) is 30.1 Å². The van der Waals surface area contributed by atoms with E-state index in [1.807, 2.05) is 0 Å². The summed E-state index contributed by atoms with van der Waals surface area (Å²) in [5, 5.41) is 11.6. The summed E-state index contributed by atoms with van der Waals surface area (Å²) in [4.78, 5) is 22.2. The first-order chi connectivity index (χ1) is 8.00. The molecule has 0 bridgehead atoms. The van der Waals surface area contributed by atoms with Gasteiger partial charge in [0.2, 0.25) is 0 Å². The van der Waals surface area contributed by atoms with E-state index in [-0.39, 0.29) is 18.4 Å². The lowest BCUT2D eigenvalue weighted by atomic mass is 10.1. The van der Waals surface area contributed by atoms with Gasteiger partial charge in [0.05, 0.1) is 10.6 Å². The number of aliphatic carboxylic acids is 1. The van der Waals surface area contributed by atoms with Crippen LogP contribution in [0.15, 0.2) is 24.3 Å². The Balaban J connectivity index is 2.55. The maximum absolute atomic E-state index is 11.8. The predicted molar refractivity (Wildman–Crippen MR) is 65.3 cm³/mol. The average Bonchev–Trinajstić information content (AvgIpc) is 2.26. The first-order valence-electron chi connectivity index (χ1n) is 5.28. The number of rotatable bonds is 5. The van der Waals surface area contributed by atoms with Crippen LogP contribution in [0.5, 0.6) is 0 Å². The van der Waals surface area contributed by atoms with E-state index in [0.717, 1.165) is 0 Å². The van der Waals surface area contributed by atoms with E-state index in [2.05, 4.69) is 5.32 Å². The van der Waals surface area contributed by atoms with Crippen molar-refractivity contribution in [1.29, 1.82) is 0 Å². The van der Waals surface area contributed by atoms with Gasteiger partial charge in [-0.3, -0.25) is 9.59 Å². The third-order valence-electron chi connectivity index (χ3n) is 2.29. The van der Waals surface area contributed by atoms with Crippen molar-refractivity contribution >= 4 is 23.5 Å². The summed E-state index contributed by atoms with van der Waals surface area (Å²) >= 11 is 5.88. The molecule has 0 aliphatic heterocycles. The molecule has 0 heterocycles. The van der Waals surface area contributed by atoms with E-state index in [4.69, 9.17) is 16.7 Å². The number of carboxylic acids is 1. The van der Waals surface area contributed by atoms with Crippen molar-refractivity contribution in [3.05, 3.63) is 34.9 Å². The summed E-state index contributed by atoms with van der Waals surface area (Å²) in [5.74, 6) is -1.16. The number of carbonyl (C=O) groups excluding carboxylic acids is 1. The van der Waals surface area contributed by atoms with E-state index in [1.165, 1.54) is 0 Å². The third kappa shape index (κ3) is 4.44. The van der Waals surface area contributed by atoms with E-state index in [9.17, 15) is 9.59 Å². The summed E-state index contributed by atoms with van der Waals surface area (Å²) in [7, 11) is 0. The largest absolute Gasteiger partial charge is 0.481 e. The van der Waals surface area contributed by atoms with E-state index in [0.29, 0.717) is 17.0 Å². The zero-order chi connectivity index (χ0) is 12.8. The standard InChI is InChI=1S/C12H14ClNO3/c1-8(6-7-11(15)16)14-12(17)9-4-2-3-5-10(9)13/h2-5,8H,6-7H2,1H3,(H,14,17)(H,15,16). The third-order valence-corrected chi connectivity index (χ3v) is 2.62. The number of nitrogens with one attached hydrogen (secondary N) is 1. The second kappa shape index (κ2) is 6.25. The molecule has 1 atom stereocenters. The molecule has 0 aliphatic carbocycles. The molecule has 1 aromatic carbocycles. The quantitative estimate of drug-likeness (QED) is 0.849. The van der Waals surface area contributed by atoms with Crippen LogP contribution in [0.4, 0.5) is 0 Å². The Morgan fingerprint density at radius 2 is 2.06 bits per heavy atom.